The van der Waals surface area contributed by atoms with Gasteiger partial charge in [0.15, 0.2) is 0 Å². The van der Waals surface area contributed by atoms with Crippen LogP contribution in [0.5, 0.6) is 0 Å². The van der Waals surface area contributed by atoms with Crippen molar-refractivity contribution < 1.29 is 18.7 Å². The average Bonchev–Trinajstić information content (AvgIpc) is 3.43. The summed E-state index contributed by atoms with van der Waals surface area (Å²) in [6.07, 6.45) is 1.68. The number of benzene rings is 2. The van der Waals surface area contributed by atoms with Crippen LogP contribution in [0.3, 0.4) is 0 Å². The second-order valence-electron chi connectivity index (χ2n) is 6.99. The number of esters is 1. The fourth-order valence-electron chi connectivity index (χ4n) is 3.46. The number of carbonyl (C=O) groups excluding carboxylic acids is 2. The van der Waals surface area contributed by atoms with Crippen LogP contribution in [0.4, 0.5) is 5.69 Å². The summed E-state index contributed by atoms with van der Waals surface area (Å²) >= 11 is 5.92. The van der Waals surface area contributed by atoms with Crippen LogP contribution in [0.15, 0.2) is 69.7 Å². The molecule has 2 aliphatic heterocycles. The molecule has 1 amide bonds. The minimum Gasteiger partial charge on any atom is -0.457 e. The summed E-state index contributed by atoms with van der Waals surface area (Å²) in [7, 11) is 0. The Morgan fingerprint density at radius 2 is 1.87 bits per heavy atom. The Morgan fingerprint density at radius 1 is 1.07 bits per heavy atom. The molecule has 30 heavy (non-hydrogen) atoms. The SMILES string of the molecule is CC1=NN(c2ccc(Cl)cc2)C(=O)/C1=C\c1ccc(-c2ccc3c(c2)COC3=O)o1. The maximum Gasteiger partial charge on any atom is 0.338 e. The van der Waals surface area contributed by atoms with Crippen LogP contribution in [0.2, 0.25) is 5.02 Å². The van der Waals surface area contributed by atoms with E-state index < -0.39 is 0 Å². The van der Waals surface area contributed by atoms with Crippen molar-refractivity contribution in [1.29, 1.82) is 0 Å². The van der Waals surface area contributed by atoms with E-state index in [1.54, 1.807) is 49.4 Å². The Hall–Kier alpha value is -3.64. The first-order valence-corrected chi connectivity index (χ1v) is 9.65. The fraction of sp³-hybridized carbons (Fsp3) is 0.0870. The maximum atomic E-state index is 12.9. The Morgan fingerprint density at radius 3 is 2.67 bits per heavy atom. The molecule has 0 spiro atoms. The van der Waals surface area contributed by atoms with Gasteiger partial charge in [-0.05, 0) is 61.5 Å². The first kappa shape index (κ1) is 18.4. The molecule has 6 nitrogen and oxygen atoms in total. The van der Waals surface area contributed by atoms with Crippen molar-refractivity contribution >= 4 is 41.0 Å². The van der Waals surface area contributed by atoms with Gasteiger partial charge in [-0.15, -0.1) is 0 Å². The van der Waals surface area contributed by atoms with Crippen molar-refractivity contribution in [2.45, 2.75) is 13.5 Å². The van der Waals surface area contributed by atoms with Gasteiger partial charge in [0, 0.05) is 16.1 Å². The number of fused-ring (bicyclic) bond motifs is 1. The van der Waals surface area contributed by atoms with Crippen molar-refractivity contribution in [2.24, 2.45) is 5.10 Å². The van der Waals surface area contributed by atoms with Gasteiger partial charge in [0.2, 0.25) is 0 Å². The third kappa shape index (κ3) is 3.11. The van der Waals surface area contributed by atoms with Crippen molar-refractivity contribution in [1.82, 2.24) is 0 Å². The molecule has 2 aromatic carbocycles. The van der Waals surface area contributed by atoms with E-state index in [2.05, 4.69) is 5.10 Å². The number of hydrogen-bond donors (Lipinski definition) is 0. The number of halogens is 1. The standard InChI is InChI=1S/C23H15ClN2O4/c1-13-20(22(27)26(25-13)17-5-3-16(24)4-6-17)11-18-7-9-21(30-18)14-2-8-19-15(10-14)12-29-23(19)28/h2-11H,12H2,1H3/b20-11-. The first-order valence-electron chi connectivity index (χ1n) is 9.27. The molecule has 148 valence electrons. The van der Waals surface area contributed by atoms with Crippen molar-refractivity contribution in [3.63, 3.8) is 0 Å². The summed E-state index contributed by atoms with van der Waals surface area (Å²) in [4.78, 5) is 24.5. The monoisotopic (exact) mass is 418 g/mol. The highest BCUT2D eigenvalue weighted by Crippen LogP contribution is 2.30. The van der Waals surface area contributed by atoms with Gasteiger partial charge in [0.1, 0.15) is 18.1 Å². The Balaban J connectivity index is 1.42. The van der Waals surface area contributed by atoms with Gasteiger partial charge in [0.25, 0.3) is 5.91 Å². The number of carbonyl (C=O) groups is 2. The zero-order valence-electron chi connectivity index (χ0n) is 15.9. The summed E-state index contributed by atoms with van der Waals surface area (Å²) in [6, 6.07) is 16.0. The lowest BCUT2D eigenvalue weighted by molar-refractivity contribution is -0.114. The number of ether oxygens (including phenoxy) is 1. The lowest BCUT2D eigenvalue weighted by atomic mass is 10.0. The lowest BCUT2D eigenvalue weighted by Crippen LogP contribution is -2.21. The van der Waals surface area contributed by atoms with Crippen molar-refractivity contribution in [3.8, 4) is 11.3 Å². The molecule has 0 saturated heterocycles. The molecule has 0 saturated carbocycles. The Kier molecular flexibility index (Phi) is 4.29. The number of nitrogens with zero attached hydrogens (tertiary/aromatic N) is 2. The largest absolute Gasteiger partial charge is 0.457 e. The van der Waals surface area contributed by atoms with E-state index in [1.807, 2.05) is 18.2 Å². The molecular weight excluding hydrogens is 404 g/mol. The number of hydrazone groups is 1. The predicted molar refractivity (Wildman–Crippen MR) is 113 cm³/mol. The summed E-state index contributed by atoms with van der Waals surface area (Å²) in [6.45, 7) is 2.05. The highest BCUT2D eigenvalue weighted by atomic mass is 35.5. The van der Waals surface area contributed by atoms with Gasteiger partial charge in [-0.1, -0.05) is 17.7 Å². The highest BCUT2D eigenvalue weighted by molar-refractivity contribution is 6.32. The van der Waals surface area contributed by atoms with Gasteiger partial charge in [-0.2, -0.15) is 10.1 Å². The minimum absolute atomic E-state index is 0.235. The van der Waals surface area contributed by atoms with E-state index >= 15 is 0 Å². The zero-order valence-corrected chi connectivity index (χ0v) is 16.6. The molecule has 2 aliphatic rings. The maximum absolute atomic E-state index is 12.9. The van der Waals surface area contributed by atoms with E-state index in [0.717, 1.165) is 11.1 Å². The molecule has 0 atom stereocenters. The summed E-state index contributed by atoms with van der Waals surface area (Å²) in [5.41, 5.74) is 3.95. The quantitative estimate of drug-likeness (QED) is 0.439. The number of anilines is 1. The van der Waals surface area contributed by atoms with E-state index in [-0.39, 0.29) is 18.5 Å². The Bertz CT molecular complexity index is 1250. The molecule has 0 unspecified atom stereocenters. The zero-order chi connectivity index (χ0) is 20.8. The molecule has 3 aromatic rings. The number of cyclic esters (lactones) is 1. The highest BCUT2D eigenvalue weighted by Gasteiger charge is 2.29. The van der Waals surface area contributed by atoms with E-state index in [4.69, 9.17) is 20.8 Å². The van der Waals surface area contributed by atoms with Crippen LogP contribution in [0.1, 0.15) is 28.6 Å². The summed E-state index contributed by atoms with van der Waals surface area (Å²) < 4.78 is 11.0. The van der Waals surface area contributed by atoms with Crippen LogP contribution in [0.25, 0.3) is 17.4 Å². The Labute approximate surface area is 177 Å². The molecule has 1 aromatic heterocycles. The number of amides is 1. The normalized spacial score (nSPS) is 16.8. The van der Waals surface area contributed by atoms with Crippen LogP contribution >= 0.6 is 11.6 Å². The third-order valence-electron chi connectivity index (χ3n) is 5.02. The van der Waals surface area contributed by atoms with Gasteiger partial charge in [-0.3, -0.25) is 4.79 Å². The smallest absolute Gasteiger partial charge is 0.338 e. The first-order chi connectivity index (χ1) is 14.5. The average molecular weight is 419 g/mol. The topological polar surface area (TPSA) is 72.1 Å². The molecule has 7 heteroatoms. The second kappa shape index (κ2) is 7.00. The molecule has 0 bridgehead atoms. The lowest BCUT2D eigenvalue weighted by Gasteiger charge is -2.11. The van der Waals surface area contributed by atoms with Crippen LogP contribution in [-0.2, 0) is 16.1 Å². The van der Waals surface area contributed by atoms with Crippen molar-refractivity contribution in [2.75, 3.05) is 5.01 Å². The van der Waals surface area contributed by atoms with Crippen LogP contribution < -0.4 is 5.01 Å². The van der Waals surface area contributed by atoms with E-state index in [0.29, 0.717) is 39.1 Å². The van der Waals surface area contributed by atoms with Gasteiger partial charge >= 0.3 is 5.97 Å². The van der Waals surface area contributed by atoms with Crippen LogP contribution in [0, 0.1) is 0 Å². The fourth-order valence-corrected chi connectivity index (χ4v) is 3.58. The number of rotatable bonds is 3. The molecule has 0 radical (unpaired) electrons. The number of hydrogen-bond acceptors (Lipinski definition) is 5. The molecule has 5 rings (SSSR count). The van der Waals surface area contributed by atoms with Gasteiger partial charge < -0.3 is 9.15 Å². The third-order valence-corrected chi connectivity index (χ3v) is 5.27. The summed E-state index contributed by atoms with van der Waals surface area (Å²) in [5.74, 6) is 0.634. The molecule has 3 heterocycles. The van der Waals surface area contributed by atoms with Crippen LogP contribution in [-0.4, -0.2) is 17.6 Å². The molecular formula is C23H15ClN2O4. The number of furan rings is 1. The van der Waals surface area contributed by atoms with E-state index in [9.17, 15) is 9.59 Å². The van der Waals surface area contributed by atoms with Gasteiger partial charge in [-0.25, -0.2) is 4.79 Å². The summed E-state index contributed by atoms with van der Waals surface area (Å²) in [5, 5.41) is 6.30. The van der Waals surface area contributed by atoms with Crippen molar-refractivity contribution in [3.05, 3.63) is 82.1 Å². The van der Waals surface area contributed by atoms with E-state index in [1.165, 1.54) is 5.01 Å². The van der Waals surface area contributed by atoms with Gasteiger partial charge in [0.05, 0.1) is 22.5 Å². The molecule has 0 N–H and O–H groups in total. The molecule has 0 fully saturated rings. The predicted octanol–water partition coefficient (Wildman–Crippen LogP) is 5.08. The molecule has 0 aliphatic carbocycles. The minimum atomic E-state index is -0.304. The second-order valence-corrected chi connectivity index (χ2v) is 7.42.